The second-order valence-electron chi connectivity index (χ2n) is 6.19. The Kier molecular flexibility index (Phi) is 4.56. The van der Waals surface area contributed by atoms with Gasteiger partial charge in [-0.25, -0.2) is 0 Å². The summed E-state index contributed by atoms with van der Waals surface area (Å²) in [5.41, 5.74) is 2.61. The van der Waals surface area contributed by atoms with E-state index in [-0.39, 0.29) is 5.91 Å². The van der Waals surface area contributed by atoms with Crippen molar-refractivity contribution in [1.29, 1.82) is 0 Å². The van der Waals surface area contributed by atoms with E-state index in [0.29, 0.717) is 37.7 Å². The first-order chi connectivity index (χ1) is 12.8. The van der Waals surface area contributed by atoms with E-state index in [1.165, 1.54) is 0 Å². The summed E-state index contributed by atoms with van der Waals surface area (Å²) in [6.45, 7) is 2.01. The number of hydrogen-bond acceptors (Lipinski definition) is 5. The largest absolute Gasteiger partial charge is 0.497 e. The maximum atomic E-state index is 12.7. The molecule has 0 bridgehead atoms. The number of ether oxygens (including phenoxy) is 4. The average Bonchev–Trinajstić information content (AvgIpc) is 3.32. The number of carbonyl (C=O) groups is 1. The number of rotatable bonds is 6. The van der Waals surface area contributed by atoms with E-state index in [0.717, 1.165) is 41.2 Å². The molecule has 0 unspecified atom stereocenters. The third kappa shape index (κ3) is 3.14. The number of methoxy groups -OCH3 is 1. The Morgan fingerprint density at radius 2 is 1.88 bits per heavy atom. The van der Waals surface area contributed by atoms with Crippen LogP contribution >= 0.6 is 0 Å². The topological polar surface area (TPSA) is 66.0 Å². The molecule has 2 heterocycles. The molecule has 0 saturated carbocycles. The molecule has 26 heavy (non-hydrogen) atoms. The van der Waals surface area contributed by atoms with Crippen molar-refractivity contribution in [3.05, 3.63) is 47.0 Å². The van der Waals surface area contributed by atoms with Crippen LogP contribution in [0.2, 0.25) is 0 Å². The van der Waals surface area contributed by atoms with Crippen molar-refractivity contribution < 1.29 is 23.7 Å². The van der Waals surface area contributed by atoms with E-state index >= 15 is 0 Å². The molecule has 6 nitrogen and oxygen atoms in total. The Morgan fingerprint density at radius 3 is 2.69 bits per heavy atom. The summed E-state index contributed by atoms with van der Waals surface area (Å²) in [5.74, 6) is 2.90. The fraction of sp³-hybridized carbons (Fsp3) is 0.350. The lowest BCUT2D eigenvalue weighted by Crippen LogP contribution is -2.29. The molecule has 0 aromatic heterocycles. The van der Waals surface area contributed by atoms with Crippen molar-refractivity contribution >= 4 is 5.91 Å². The summed E-state index contributed by atoms with van der Waals surface area (Å²) >= 11 is 0. The first-order valence-electron chi connectivity index (χ1n) is 8.75. The number of fused-ring (bicyclic) bond motifs is 2. The number of hydrogen-bond donors (Lipinski definition) is 1. The second kappa shape index (κ2) is 7.15. The predicted molar refractivity (Wildman–Crippen MR) is 95.7 cm³/mol. The van der Waals surface area contributed by atoms with E-state index in [1.807, 2.05) is 30.3 Å². The van der Waals surface area contributed by atoms with Crippen LogP contribution in [0, 0.1) is 0 Å². The summed E-state index contributed by atoms with van der Waals surface area (Å²) in [6.07, 6.45) is 1.55. The molecule has 2 aromatic rings. The molecule has 1 amide bonds. The van der Waals surface area contributed by atoms with Crippen molar-refractivity contribution in [3.63, 3.8) is 0 Å². The fourth-order valence-electron chi connectivity index (χ4n) is 3.32. The van der Waals surface area contributed by atoms with Gasteiger partial charge in [0.15, 0.2) is 0 Å². The molecule has 0 aliphatic carbocycles. The molecule has 1 N–H and O–H groups in total. The maximum absolute atomic E-state index is 12.7. The van der Waals surface area contributed by atoms with Crippen molar-refractivity contribution in [2.45, 2.75) is 12.8 Å². The van der Waals surface area contributed by atoms with Gasteiger partial charge in [0.1, 0.15) is 29.6 Å². The standard InChI is InChI=1S/C20H21NO5/c1-23-14-2-4-15(5-3-14)24-11-8-21-20(22)18-16-7-10-25-17(16)12-13-6-9-26-19(13)18/h2-5,12H,6-11H2,1H3,(H,21,22). The molecule has 4 rings (SSSR count). The second-order valence-corrected chi connectivity index (χ2v) is 6.19. The van der Waals surface area contributed by atoms with Crippen molar-refractivity contribution in [1.82, 2.24) is 5.32 Å². The molecular weight excluding hydrogens is 334 g/mol. The van der Waals surface area contributed by atoms with Crippen LogP contribution in [-0.4, -0.2) is 39.4 Å². The lowest BCUT2D eigenvalue weighted by molar-refractivity contribution is 0.0943. The molecule has 6 heteroatoms. The van der Waals surface area contributed by atoms with Crippen LogP contribution in [0.3, 0.4) is 0 Å². The first kappa shape index (κ1) is 16.6. The molecule has 0 atom stereocenters. The number of benzene rings is 2. The van der Waals surface area contributed by atoms with E-state index in [9.17, 15) is 4.79 Å². The highest BCUT2D eigenvalue weighted by atomic mass is 16.5. The molecule has 0 fully saturated rings. The van der Waals surface area contributed by atoms with E-state index in [2.05, 4.69) is 5.32 Å². The number of nitrogens with one attached hydrogen (secondary N) is 1. The fourth-order valence-corrected chi connectivity index (χ4v) is 3.32. The smallest absolute Gasteiger partial charge is 0.255 e. The molecule has 2 aromatic carbocycles. The summed E-state index contributed by atoms with van der Waals surface area (Å²) < 4.78 is 22.1. The van der Waals surface area contributed by atoms with Gasteiger partial charge in [-0.1, -0.05) is 0 Å². The molecular formula is C20H21NO5. The molecule has 136 valence electrons. The van der Waals surface area contributed by atoms with Crippen molar-refractivity contribution in [3.8, 4) is 23.0 Å². The quantitative estimate of drug-likeness (QED) is 0.806. The van der Waals surface area contributed by atoms with Crippen LogP contribution in [0.25, 0.3) is 0 Å². The summed E-state index contributed by atoms with van der Waals surface area (Å²) in [6, 6.07) is 9.35. The zero-order valence-electron chi connectivity index (χ0n) is 14.7. The highest BCUT2D eigenvalue weighted by Crippen LogP contribution is 2.40. The van der Waals surface area contributed by atoms with E-state index < -0.39 is 0 Å². The molecule has 0 spiro atoms. The molecule has 0 saturated heterocycles. The summed E-state index contributed by atoms with van der Waals surface area (Å²) in [5, 5.41) is 2.93. The lowest BCUT2D eigenvalue weighted by atomic mass is 9.99. The van der Waals surface area contributed by atoms with Gasteiger partial charge in [0.2, 0.25) is 0 Å². The maximum Gasteiger partial charge on any atom is 0.255 e. The van der Waals surface area contributed by atoms with Crippen LogP contribution in [-0.2, 0) is 12.8 Å². The van der Waals surface area contributed by atoms with Gasteiger partial charge in [0.05, 0.1) is 32.4 Å². The Balaban J connectivity index is 1.38. The first-order valence-corrected chi connectivity index (χ1v) is 8.75. The minimum absolute atomic E-state index is 0.135. The van der Waals surface area contributed by atoms with Gasteiger partial charge in [-0.3, -0.25) is 4.79 Å². The monoisotopic (exact) mass is 355 g/mol. The number of carbonyl (C=O) groups excluding carboxylic acids is 1. The Morgan fingerprint density at radius 1 is 1.12 bits per heavy atom. The van der Waals surface area contributed by atoms with Gasteiger partial charge in [0.25, 0.3) is 5.91 Å². The van der Waals surface area contributed by atoms with Gasteiger partial charge >= 0.3 is 0 Å². The molecule has 0 radical (unpaired) electrons. The Labute approximate surface area is 152 Å². The zero-order chi connectivity index (χ0) is 17.9. The van der Waals surface area contributed by atoms with Crippen LogP contribution in [0.15, 0.2) is 30.3 Å². The van der Waals surface area contributed by atoms with Gasteiger partial charge in [-0.2, -0.15) is 0 Å². The lowest BCUT2D eigenvalue weighted by Gasteiger charge is -2.13. The average molecular weight is 355 g/mol. The third-order valence-corrected chi connectivity index (χ3v) is 4.59. The van der Waals surface area contributed by atoms with Gasteiger partial charge in [-0.05, 0) is 30.3 Å². The SMILES string of the molecule is COc1ccc(OCCNC(=O)c2c3c(cc4c2OCC4)OCC3)cc1. The minimum atomic E-state index is -0.135. The molecule has 2 aliphatic heterocycles. The van der Waals surface area contributed by atoms with Crippen LogP contribution < -0.4 is 24.3 Å². The van der Waals surface area contributed by atoms with Gasteiger partial charge in [-0.15, -0.1) is 0 Å². The van der Waals surface area contributed by atoms with Crippen LogP contribution in [0.5, 0.6) is 23.0 Å². The Bertz CT molecular complexity index is 784. The predicted octanol–water partition coefficient (Wildman–Crippen LogP) is 2.37. The van der Waals surface area contributed by atoms with Crippen molar-refractivity contribution in [2.24, 2.45) is 0 Å². The van der Waals surface area contributed by atoms with Gasteiger partial charge in [0, 0.05) is 24.0 Å². The summed E-state index contributed by atoms with van der Waals surface area (Å²) in [7, 11) is 1.62. The Hall–Kier alpha value is -2.89. The third-order valence-electron chi connectivity index (χ3n) is 4.59. The highest BCUT2D eigenvalue weighted by Gasteiger charge is 2.29. The summed E-state index contributed by atoms with van der Waals surface area (Å²) in [4.78, 5) is 12.7. The van der Waals surface area contributed by atoms with Crippen molar-refractivity contribution in [2.75, 3.05) is 33.5 Å². The minimum Gasteiger partial charge on any atom is -0.497 e. The number of amides is 1. The zero-order valence-corrected chi connectivity index (χ0v) is 14.7. The van der Waals surface area contributed by atoms with Crippen LogP contribution in [0.1, 0.15) is 21.5 Å². The van der Waals surface area contributed by atoms with Gasteiger partial charge < -0.3 is 24.3 Å². The normalized spacial score (nSPS) is 14.0. The van der Waals surface area contributed by atoms with Crippen LogP contribution in [0.4, 0.5) is 0 Å². The van der Waals surface area contributed by atoms with E-state index in [4.69, 9.17) is 18.9 Å². The molecule has 2 aliphatic rings. The highest BCUT2D eigenvalue weighted by molar-refractivity contribution is 6.00. The van der Waals surface area contributed by atoms with E-state index in [1.54, 1.807) is 7.11 Å².